The molecule has 1 heterocycles. The molecule has 0 radical (unpaired) electrons. The predicted molar refractivity (Wildman–Crippen MR) is 73.2 cm³/mol. The van der Waals surface area contributed by atoms with Gasteiger partial charge in [-0.15, -0.1) is 0 Å². The SMILES string of the molecule is Cc1ccc(Nc2nccc(C#N)c2Cl)c(C)c1. The summed E-state index contributed by atoms with van der Waals surface area (Å²) in [6.07, 6.45) is 1.57. The molecule has 0 spiro atoms. The third kappa shape index (κ3) is 2.44. The second-order valence-electron chi connectivity index (χ2n) is 4.08. The zero-order valence-electron chi connectivity index (χ0n) is 10.2. The summed E-state index contributed by atoms with van der Waals surface area (Å²) >= 11 is 6.09. The molecule has 0 amide bonds. The lowest BCUT2D eigenvalue weighted by Gasteiger charge is -2.11. The van der Waals surface area contributed by atoms with Crippen molar-refractivity contribution < 1.29 is 0 Å². The standard InChI is InChI=1S/C14H12ClN3/c1-9-3-4-12(10(2)7-9)18-14-13(15)11(8-16)5-6-17-14/h3-7H,1-2H3,(H,17,18). The molecule has 0 saturated heterocycles. The molecule has 18 heavy (non-hydrogen) atoms. The van der Waals surface area contributed by atoms with E-state index in [1.165, 1.54) is 5.56 Å². The van der Waals surface area contributed by atoms with Crippen LogP contribution in [0.3, 0.4) is 0 Å². The van der Waals surface area contributed by atoms with Crippen molar-refractivity contribution in [2.45, 2.75) is 13.8 Å². The van der Waals surface area contributed by atoms with Crippen LogP contribution in [0.1, 0.15) is 16.7 Å². The Morgan fingerprint density at radius 3 is 2.72 bits per heavy atom. The summed E-state index contributed by atoms with van der Waals surface area (Å²) in [6, 6.07) is 9.68. The number of pyridine rings is 1. The molecular formula is C14H12ClN3. The molecule has 0 unspecified atom stereocenters. The topological polar surface area (TPSA) is 48.7 Å². The van der Waals surface area contributed by atoms with Crippen LogP contribution in [0.25, 0.3) is 0 Å². The zero-order chi connectivity index (χ0) is 13.1. The van der Waals surface area contributed by atoms with Crippen molar-refractivity contribution in [2.75, 3.05) is 5.32 Å². The number of nitrogens with zero attached hydrogens (tertiary/aromatic N) is 2. The maximum Gasteiger partial charge on any atom is 0.150 e. The molecule has 4 heteroatoms. The van der Waals surface area contributed by atoms with Crippen molar-refractivity contribution in [3.63, 3.8) is 0 Å². The van der Waals surface area contributed by atoms with E-state index in [1.807, 2.05) is 32.0 Å². The lowest BCUT2D eigenvalue weighted by molar-refractivity contribution is 1.28. The highest BCUT2D eigenvalue weighted by atomic mass is 35.5. The molecule has 2 aromatic rings. The highest BCUT2D eigenvalue weighted by molar-refractivity contribution is 6.34. The van der Waals surface area contributed by atoms with Crippen LogP contribution in [0, 0.1) is 25.2 Å². The smallest absolute Gasteiger partial charge is 0.150 e. The number of hydrogen-bond acceptors (Lipinski definition) is 3. The van der Waals surface area contributed by atoms with Gasteiger partial charge in [-0.2, -0.15) is 5.26 Å². The number of benzene rings is 1. The molecule has 1 aromatic heterocycles. The number of aryl methyl sites for hydroxylation is 2. The Kier molecular flexibility index (Phi) is 3.50. The fourth-order valence-electron chi connectivity index (χ4n) is 1.70. The molecule has 1 N–H and O–H groups in total. The minimum atomic E-state index is 0.347. The van der Waals surface area contributed by atoms with Gasteiger partial charge >= 0.3 is 0 Å². The molecule has 0 aliphatic rings. The quantitative estimate of drug-likeness (QED) is 0.886. The van der Waals surface area contributed by atoms with Gasteiger partial charge in [0.2, 0.25) is 0 Å². The highest BCUT2D eigenvalue weighted by Crippen LogP contribution is 2.27. The maximum absolute atomic E-state index is 8.91. The minimum absolute atomic E-state index is 0.347. The van der Waals surface area contributed by atoms with Gasteiger partial charge in [-0.3, -0.25) is 0 Å². The number of nitrogens with one attached hydrogen (secondary N) is 1. The highest BCUT2D eigenvalue weighted by Gasteiger charge is 2.08. The van der Waals surface area contributed by atoms with Gasteiger partial charge in [0.1, 0.15) is 11.1 Å². The van der Waals surface area contributed by atoms with Gasteiger partial charge in [-0.1, -0.05) is 29.3 Å². The number of halogens is 1. The molecule has 2 rings (SSSR count). The Bertz CT molecular complexity index is 629. The zero-order valence-corrected chi connectivity index (χ0v) is 10.9. The summed E-state index contributed by atoms with van der Waals surface area (Å²) in [5.41, 5.74) is 3.65. The summed E-state index contributed by atoms with van der Waals surface area (Å²) in [5.74, 6) is 0.502. The average Bonchev–Trinajstić information content (AvgIpc) is 2.35. The van der Waals surface area contributed by atoms with Crippen molar-refractivity contribution in [3.8, 4) is 6.07 Å². The van der Waals surface area contributed by atoms with E-state index in [0.29, 0.717) is 16.4 Å². The van der Waals surface area contributed by atoms with Crippen LogP contribution in [0.15, 0.2) is 30.5 Å². The summed E-state index contributed by atoms with van der Waals surface area (Å²) in [5, 5.41) is 12.4. The summed E-state index contributed by atoms with van der Waals surface area (Å²) in [7, 11) is 0. The monoisotopic (exact) mass is 257 g/mol. The first kappa shape index (κ1) is 12.4. The third-order valence-electron chi connectivity index (χ3n) is 2.64. The Hall–Kier alpha value is -2.05. The molecule has 0 fully saturated rings. The van der Waals surface area contributed by atoms with Gasteiger partial charge in [-0.05, 0) is 31.5 Å². The summed E-state index contributed by atoms with van der Waals surface area (Å²) in [4.78, 5) is 4.15. The molecule has 0 aliphatic heterocycles. The van der Waals surface area contributed by atoms with Crippen LogP contribution >= 0.6 is 11.6 Å². The van der Waals surface area contributed by atoms with E-state index >= 15 is 0 Å². The van der Waals surface area contributed by atoms with E-state index in [9.17, 15) is 0 Å². The van der Waals surface area contributed by atoms with E-state index in [2.05, 4.69) is 16.4 Å². The first-order valence-corrected chi connectivity index (χ1v) is 5.88. The largest absolute Gasteiger partial charge is 0.339 e. The molecule has 3 nitrogen and oxygen atoms in total. The predicted octanol–water partition coefficient (Wildman–Crippen LogP) is 3.97. The third-order valence-corrected chi connectivity index (χ3v) is 3.03. The van der Waals surface area contributed by atoms with Crippen LogP contribution in [0.5, 0.6) is 0 Å². The van der Waals surface area contributed by atoms with Crippen molar-refractivity contribution in [2.24, 2.45) is 0 Å². The fourth-order valence-corrected chi connectivity index (χ4v) is 1.90. The van der Waals surface area contributed by atoms with Crippen LogP contribution in [0.4, 0.5) is 11.5 Å². The van der Waals surface area contributed by atoms with Crippen LogP contribution in [-0.4, -0.2) is 4.98 Å². The second kappa shape index (κ2) is 5.07. The average molecular weight is 258 g/mol. The van der Waals surface area contributed by atoms with E-state index < -0.39 is 0 Å². The normalized spacial score (nSPS) is 9.89. The van der Waals surface area contributed by atoms with E-state index in [4.69, 9.17) is 16.9 Å². The number of hydrogen-bond donors (Lipinski definition) is 1. The number of rotatable bonds is 2. The molecule has 1 aromatic carbocycles. The molecule has 0 aliphatic carbocycles. The second-order valence-corrected chi connectivity index (χ2v) is 4.45. The van der Waals surface area contributed by atoms with Crippen molar-refractivity contribution in [3.05, 3.63) is 52.2 Å². The van der Waals surface area contributed by atoms with E-state index in [1.54, 1.807) is 12.3 Å². The molecule has 0 bridgehead atoms. The Labute approximate surface area is 111 Å². The number of nitriles is 1. The van der Waals surface area contributed by atoms with Gasteiger partial charge in [0.25, 0.3) is 0 Å². The van der Waals surface area contributed by atoms with Crippen LogP contribution in [-0.2, 0) is 0 Å². The molecule has 0 atom stereocenters. The summed E-state index contributed by atoms with van der Waals surface area (Å²) in [6.45, 7) is 4.05. The first-order valence-electron chi connectivity index (χ1n) is 5.50. The van der Waals surface area contributed by atoms with Gasteiger partial charge in [-0.25, -0.2) is 4.98 Å². The minimum Gasteiger partial charge on any atom is -0.339 e. The van der Waals surface area contributed by atoms with Gasteiger partial charge in [0, 0.05) is 11.9 Å². The summed E-state index contributed by atoms with van der Waals surface area (Å²) < 4.78 is 0. The van der Waals surface area contributed by atoms with E-state index in [-0.39, 0.29) is 0 Å². The Morgan fingerprint density at radius 1 is 1.28 bits per heavy atom. The van der Waals surface area contributed by atoms with Crippen molar-refractivity contribution in [1.29, 1.82) is 5.26 Å². The lowest BCUT2D eigenvalue weighted by atomic mass is 10.1. The Morgan fingerprint density at radius 2 is 2.06 bits per heavy atom. The van der Waals surface area contributed by atoms with Crippen molar-refractivity contribution >= 4 is 23.1 Å². The van der Waals surface area contributed by atoms with Crippen molar-refractivity contribution in [1.82, 2.24) is 4.98 Å². The lowest BCUT2D eigenvalue weighted by Crippen LogP contribution is -1.98. The first-order chi connectivity index (χ1) is 8.61. The Balaban J connectivity index is 2.38. The van der Waals surface area contributed by atoms with Gasteiger partial charge in [0.15, 0.2) is 5.82 Å². The van der Waals surface area contributed by atoms with Crippen LogP contribution in [0.2, 0.25) is 5.02 Å². The van der Waals surface area contributed by atoms with Crippen LogP contribution < -0.4 is 5.32 Å². The van der Waals surface area contributed by atoms with Gasteiger partial charge in [0.05, 0.1) is 5.56 Å². The molecule has 0 saturated carbocycles. The number of anilines is 2. The maximum atomic E-state index is 8.91. The van der Waals surface area contributed by atoms with E-state index in [0.717, 1.165) is 11.3 Å². The fraction of sp³-hybridized carbons (Fsp3) is 0.143. The molecule has 90 valence electrons. The number of aromatic nitrogens is 1. The van der Waals surface area contributed by atoms with Gasteiger partial charge < -0.3 is 5.32 Å². The molecular weight excluding hydrogens is 246 g/mol.